The molecule has 4 heteroatoms. The fraction of sp³-hybridized carbons (Fsp3) is 0.417. The third kappa shape index (κ3) is 3.68. The molecule has 1 N–H and O–H groups in total. The highest BCUT2D eigenvalue weighted by Gasteiger charge is 2.14. The normalized spacial score (nSPS) is 12.5. The Morgan fingerprint density at radius 2 is 2.25 bits per heavy atom. The van der Waals surface area contributed by atoms with Gasteiger partial charge in [0, 0.05) is 23.4 Å². The van der Waals surface area contributed by atoms with Gasteiger partial charge in [-0.15, -0.1) is 0 Å². The first-order chi connectivity index (χ1) is 7.54. The molecule has 0 heterocycles. The van der Waals surface area contributed by atoms with Crippen molar-refractivity contribution in [1.29, 1.82) is 0 Å². The second kappa shape index (κ2) is 6.11. The lowest BCUT2D eigenvalue weighted by molar-refractivity contribution is -0.121. The van der Waals surface area contributed by atoms with Crippen molar-refractivity contribution >= 4 is 21.7 Å². The number of carbonyl (C=O) groups is 1. The predicted octanol–water partition coefficient (Wildman–Crippen LogP) is 2.56. The van der Waals surface area contributed by atoms with Crippen LogP contribution in [0.2, 0.25) is 0 Å². The zero-order valence-corrected chi connectivity index (χ0v) is 11.0. The van der Waals surface area contributed by atoms with Crippen LogP contribution < -0.4 is 5.32 Å². The van der Waals surface area contributed by atoms with E-state index in [0.717, 1.165) is 4.47 Å². The molecule has 2 nitrogen and oxygen atoms in total. The smallest absolute Gasteiger partial charge is 0.141 e. The summed E-state index contributed by atoms with van der Waals surface area (Å²) in [6.45, 7) is 2.46. The van der Waals surface area contributed by atoms with Crippen molar-refractivity contribution in [3.63, 3.8) is 0 Å². The summed E-state index contributed by atoms with van der Waals surface area (Å²) in [5, 5.41) is 2.94. The van der Waals surface area contributed by atoms with E-state index < -0.39 is 0 Å². The molecule has 0 spiro atoms. The summed E-state index contributed by atoms with van der Waals surface area (Å²) in [7, 11) is 1.80. The minimum Gasteiger partial charge on any atom is -0.319 e. The fourth-order valence-corrected chi connectivity index (χ4v) is 1.87. The van der Waals surface area contributed by atoms with Crippen molar-refractivity contribution in [3.05, 3.63) is 34.1 Å². The van der Waals surface area contributed by atoms with Crippen molar-refractivity contribution in [1.82, 2.24) is 5.32 Å². The van der Waals surface area contributed by atoms with Gasteiger partial charge in [-0.1, -0.05) is 22.9 Å². The van der Waals surface area contributed by atoms with Gasteiger partial charge in [-0.3, -0.25) is 4.79 Å². The summed E-state index contributed by atoms with van der Waals surface area (Å²) in [6, 6.07) is 4.65. The first-order valence-electron chi connectivity index (χ1n) is 5.16. The number of hydrogen-bond donors (Lipinski definition) is 1. The minimum absolute atomic E-state index is 0.0475. The molecule has 0 radical (unpaired) electrons. The van der Waals surface area contributed by atoms with Crippen molar-refractivity contribution in [2.24, 2.45) is 5.92 Å². The third-order valence-electron chi connectivity index (χ3n) is 2.43. The topological polar surface area (TPSA) is 29.1 Å². The number of carbonyl (C=O) groups excluding carboxylic acids is 1. The zero-order chi connectivity index (χ0) is 12.1. The average Bonchev–Trinajstić information content (AvgIpc) is 2.23. The minimum atomic E-state index is -0.326. The lowest BCUT2D eigenvalue weighted by Gasteiger charge is -2.10. The zero-order valence-electron chi connectivity index (χ0n) is 9.39. The molecule has 0 aliphatic carbocycles. The number of nitrogens with one attached hydrogen (secondary N) is 1. The quantitative estimate of drug-likeness (QED) is 0.902. The molecular weight excluding hydrogens is 273 g/mol. The molecule has 1 unspecified atom stereocenters. The van der Waals surface area contributed by atoms with Crippen LogP contribution in [-0.2, 0) is 11.2 Å². The predicted molar refractivity (Wildman–Crippen MR) is 65.9 cm³/mol. The van der Waals surface area contributed by atoms with Crippen molar-refractivity contribution < 1.29 is 9.18 Å². The lowest BCUT2D eigenvalue weighted by atomic mass is 9.99. The number of benzene rings is 1. The van der Waals surface area contributed by atoms with Crippen LogP contribution in [0.25, 0.3) is 0 Å². The Kier molecular flexibility index (Phi) is 5.09. The molecule has 1 aromatic carbocycles. The van der Waals surface area contributed by atoms with E-state index in [1.807, 2.05) is 6.92 Å². The van der Waals surface area contributed by atoms with Crippen LogP contribution in [0.15, 0.2) is 22.7 Å². The first-order valence-corrected chi connectivity index (χ1v) is 5.95. The monoisotopic (exact) mass is 287 g/mol. The van der Waals surface area contributed by atoms with Gasteiger partial charge in [0.1, 0.15) is 11.6 Å². The van der Waals surface area contributed by atoms with Gasteiger partial charge in [0.2, 0.25) is 0 Å². The number of rotatable bonds is 5. The molecule has 1 aromatic rings. The molecule has 16 heavy (non-hydrogen) atoms. The Morgan fingerprint density at radius 3 is 2.88 bits per heavy atom. The van der Waals surface area contributed by atoms with E-state index in [4.69, 9.17) is 0 Å². The number of halogens is 2. The highest BCUT2D eigenvalue weighted by molar-refractivity contribution is 9.10. The summed E-state index contributed by atoms with van der Waals surface area (Å²) in [4.78, 5) is 11.7. The summed E-state index contributed by atoms with van der Waals surface area (Å²) in [5.41, 5.74) is 0.447. The van der Waals surface area contributed by atoms with Crippen molar-refractivity contribution in [2.75, 3.05) is 13.6 Å². The maximum atomic E-state index is 13.4. The van der Waals surface area contributed by atoms with Gasteiger partial charge in [-0.05, 0) is 30.8 Å². The second-order valence-electron chi connectivity index (χ2n) is 3.84. The highest BCUT2D eigenvalue weighted by atomic mass is 79.9. The highest BCUT2D eigenvalue weighted by Crippen LogP contribution is 2.17. The molecule has 1 atom stereocenters. The maximum absolute atomic E-state index is 13.4. The van der Waals surface area contributed by atoms with Crippen molar-refractivity contribution in [3.8, 4) is 0 Å². The van der Waals surface area contributed by atoms with Gasteiger partial charge >= 0.3 is 0 Å². The molecule has 0 saturated heterocycles. The van der Waals surface area contributed by atoms with E-state index in [2.05, 4.69) is 21.2 Å². The molecule has 0 bridgehead atoms. The summed E-state index contributed by atoms with van der Waals surface area (Å²) < 4.78 is 14.2. The number of Topliss-reactive ketones (excluding diaryl/α,β-unsaturated/α-hetero) is 1. The van der Waals surface area contributed by atoms with Crippen LogP contribution in [0.5, 0.6) is 0 Å². The third-order valence-corrected chi connectivity index (χ3v) is 2.93. The van der Waals surface area contributed by atoms with E-state index >= 15 is 0 Å². The van der Waals surface area contributed by atoms with Crippen LogP contribution in [0.3, 0.4) is 0 Å². The molecule has 0 amide bonds. The second-order valence-corrected chi connectivity index (χ2v) is 4.75. The molecule has 1 rings (SSSR count). The van der Waals surface area contributed by atoms with Crippen LogP contribution in [0.4, 0.5) is 4.39 Å². The van der Waals surface area contributed by atoms with E-state index in [0.29, 0.717) is 12.1 Å². The van der Waals surface area contributed by atoms with Gasteiger partial charge in [0.05, 0.1) is 0 Å². The van der Waals surface area contributed by atoms with Gasteiger partial charge < -0.3 is 5.32 Å². The molecular formula is C12H15BrFNO. The lowest BCUT2D eigenvalue weighted by Crippen LogP contribution is -2.25. The van der Waals surface area contributed by atoms with E-state index in [-0.39, 0.29) is 23.9 Å². The number of hydrogen-bond acceptors (Lipinski definition) is 2. The van der Waals surface area contributed by atoms with Crippen LogP contribution in [-0.4, -0.2) is 19.4 Å². The molecule has 0 aliphatic rings. The molecule has 0 fully saturated rings. The summed E-state index contributed by atoms with van der Waals surface area (Å²) >= 11 is 3.26. The largest absolute Gasteiger partial charge is 0.319 e. The van der Waals surface area contributed by atoms with Gasteiger partial charge in [-0.2, -0.15) is 0 Å². The Bertz CT molecular complexity index is 381. The van der Waals surface area contributed by atoms with Gasteiger partial charge in [0.15, 0.2) is 0 Å². The maximum Gasteiger partial charge on any atom is 0.141 e. The summed E-state index contributed by atoms with van der Waals surface area (Å²) in [5.74, 6) is -0.372. The molecule has 0 aromatic heterocycles. The molecule has 0 saturated carbocycles. The Labute approximate surface area is 103 Å². The fourth-order valence-electron chi connectivity index (χ4n) is 1.46. The van der Waals surface area contributed by atoms with E-state index in [1.54, 1.807) is 19.2 Å². The Hall–Kier alpha value is -0.740. The Morgan fingerprint density at radius 1 is 1.56 bits per heavy atom. The number of ketones is 1. The van der Waals surface area contributed by atoms with Gasteiger partial charge in [-0.25, -0.2) is 4.39 Å². The van der Waals surface area contributed by atoms with Crippen molar-refractivity contribution in [2.45, 2.75) is 13.3 Å². The molecule has 88 valence electrons. The standard InChI is InChI=1S/C12H15BrFNO/c1-8(7-15-2)12(16)6-9-5-10(13)3-4-11(9)14/h3-5,8,15H,6-7H2,1-2H3. The van der Waals surface area contributed by atoms with Crippen LogP contribution in [0, 0.1) is 11.7 Å². The van der Waals surface area contributed by atoms with Gasteiger partial charge in [0.25, 0.3) is 0 Å². The summed E-state index contributed by atoms with van der Waals surface area (Å²) in [6.07, 6.45) is 0.147. The van der Waals surface area contributed by atoms with Crippen LogP contribution >= 0.6 is 15.9 Å². The Balaban J connectivity index is 2.72. The van der Waals surface area contributed by atoms with E-state index in [9.17, 15) is 9.18 Å². The SMILES string of the molecule is CNCC(C)C(=O)Cc1cc(Br)ccc1F. The first kappa shape index (κ1) is 13.3. The van der Waals surface area contributed by atoms with E-state index in [1.165, 1.54) is 6.07 Å². The van der Waals surface area contributed by atoms with Crippen LogP contribution in [0.1, 0.15) is 12.5 Å². The molecule has 0 aliphatic heterocycles. The average molecular weight is 288 g/mol.